The monoisotopic (exact) mass is 412 g/mol. The van der Waals surface area contributed by atoms with Crippen LogP contribution in [0.5, 0.6) is 0 Å². The molecule has 0 bridgehead atoms. The summed E-state index contributed by atoms with van der Waals surface area (Å²) in [5.41, 5.74) is 4.38. The Morgan fingerprint density at radius 2 is 2.07 bits per heavy atom. The van der Waals surface area contributed by atoms with E-state index in [0.717, 1.165) is 55.9 Å². The minimum absolute atomic E-state index is 0.122. The fourth-order valence-corrected chi connectivity index (χ4v) is 4.16. The molecule has 9 heteroatoms. The summed E-state index contributed by atoms with van der Waals surface area (Å²) in [5.74, 6) is 1.01. The highest BCUT2D eigenvalue weighted by molar-refractivity contribution is 5.81. The second kappa shape index (κ2) is 8.33. The Labute approximate surface area is 175 Å². The molecule has 0 radical (unpaired) electrons. The number of anilines is 1. The molecule has 0 aromatic carbocycles. The molecule has 3 aromatic rings. The molecule has 2 aliphatic rings. The number of nitrogens with zero attached hydrogens (tertiary/aromatic N) is 5. The second-order valence-corrected chi connectivity index (χ2v) is 8.15. The van der Waals surface area contributed by atoms with E-state index >= 15 is 0 Å². The molecule has 3 aromatic heterocycles. The van der Waals surface area contributed by atoms with Crippen LogP contribution in [0.15, 0.2) is 24.7 Å². The molecule has 5 heterocycles. The fraction of sp³-hybridized carbons (Fsp3) is 0.571. The van der Waals surface area contributed by atoms with Crippen molar-refractivity contribution in [3.63, 3.8) is 0 Å². The van der Waals surface area contributed by atoms with E-state index in [9.17, 15) is 0 Å². The van der Waals surface area contributed by atoms with Crippen LogP contribution in [0.3, 0.4) is 0 Å². The molecule has 0 unspecified atom stereocenters. The van der Waals surface area contributed by atoms with E-state index < -0.39 is 0 Å². The molecule has 160 valence electrons. The predicted molar refractivity (Wildman–Crippen MR) is 112 cm³/mol. The Hall–Kier alpha value is -2.49. The van der Waals surface area contributed by atoms with Gasteiger partial charge in [-0.2, -0.15) is 5.10 Å². The summed E-state index contributed by atoms with van der Waals surface area (Å²) in [4.78, 5) is 4.57. The Morgan fingerprint density at radius 1 is 1.23 bits per heavy atom. The molecule has 0 aliphatic carbocycles. The molecular formula is C21H28N6O3. The molecule has 5 rings (SSSR count). The molecule has 2 fully saturated rings. The van der Waals surface area contributed by atoms with Crippen LogP contribution in [-0.2, 0) is 14.2 Å². The average Bonchev–Trinajstić information content (AvgIpc) is 3.32. The van der Waals surface area contributed by atoms with Crippen molar-refractivity contribution in [3.05, 3.63) is 30.4 Å². The van der Waals surface area contributed by atoms with Crippen molar-refractivity contribution >= 4 is 11.5 Å². The topological polar surface area (TPSA) is 87.7 Å². The van der Waals surface area contributed by atoms with E-state index in [1.165, 1.54) is 5.69 Å². The van der Waals surface area contributed by atoms with Gasteiger partial charge in [0.05, 0.1) is 43.8 Å². The molecule has 0 amide bonds. The highest BCUT2D eigenvalue weighted by atomic mass is 16.5. The second-order valence-electron chi connectivity index (χ2n) is 8.15. The zero-order valence-corrected chi connectivity index (χ0v) is 17.5. The van der Waals surface area contributed by atoms with Gasteiger partial charge in [-0.05, 0) is 25.8 Å². The Morgan fingerprint density at radius 3 is 2.80 bits per heavy atom. The molecule has 0 spiro atoms. The molecule has 2 saturated heterocycles. The molecular weight excluding hydrogens is 384 g/mol. The van der Waals surface area contributed by atoms with Gasteiger partial charge in [-0.1, -0.05) is 0 Å². The lowest BCUT2D eigenvalue weighted by molar-refractivity contribution is -0.0286. The minimum atomic E-state index is 0.122. The first-order valence-corrected chi connectivity index (χ1v) is 10.6. The molecule has 30 heavy (non-hydrogen) atoms. The summed E-state index contributed by atoms with van der Waals surface area (Å²) in [6.45, 7) is 5.67. The fourth-order valence-electron chi connectivity index (χ4n) is 4.16. The van der Waals surface area contributed by atoms with Crippen LogP contribution in [0.25, 0.3) is 16.6 Å². The zero-order chi connectivity index (χ0) is 20.5. The lowest BCUT2D eigenvalue weighted by Gasteiger charge is -2.25. The molecule has 9 nitrogen and oxygen atoms in total. The predicted octanol–water partition coefficient (Wildman–Crippen LogP) is 2.50. The van der Waals surface area contributed by atoms with Crippen LogP contribution >= 0.6 is 0 Å². The number of nitrogens with one attached hydrogen (secondary N) is 1. The van der Waals surface area contributed by atoms with Crippen LogP contribution in [0.1, 0.15) is 37.4 Å². The van der Waals surface area contributed by atoms with Crippen LogP contribution < -0.4 is 5.32 Å². The van der Waals surface area contributed by atoms with E-state index in [-0.39, 0.29) is 6.04 Å². The summed E-state index contributed by atoms with van der Waals surface area (Å²) in [6.07, 6.45) is 7.92. The smallest absolute Gasteiger partial charge is 0.241 e. The van der Waals surface area contributed by atoms with Crippen molar-refractivity contribution in [2.24, 2.45) is 0 Å². The number of fused-ring (bicyclic) bond motifs is 1. The van der Waals surface area contributed by atoms with Crippen molar-refractivity contribution in [2.75, 3.05) is 45.5 Å². The van der Waals surface area contributed by atoms with Gasteiger partial charge in [0, 0.05) is 55.3 Å². The first kappa shape index (κ1) is 19.5. The first-order chi connectivity index (χ1) is 14.7. The molecule has 2 aliphatic heterocycles. The van der Waals surface area contributed by atoms with Crippen molar-refractivity contribution in [3.8, 4) is 11.1 Å². The standard InChI is InChI=1S/C21H28N6O3/c1-14(11-28-2)24-21-22-9-20-18(16-8-23-26(10-16)17-12-30-13-17)7-19(27(20)25-21)15-3-5-29-6-4-15/h7-10,14-15,17H,3-6,11-13H2,1-2H3,(H,24,25)/t14-/m0/s1. The Kier molecular flexibility index (Phi) is 5.41. The van der Waals surface area contributed by atoms with E-state index in [2.05, 4.69) is 34.6 Å². The van der Waals surface area contributed by atoms with Gasteiger partial charge >= 0.3 is 0 Å². The highest BCUT2D eigenvalue weighted by Gasteiger charge is 2.25. The zero-order valence-electron chi connectivity index (χ0n) is 17.5. The highest BCUT2D eigenvalue weighted by Crippen LogP contribution is 2.35. The van der Waals surface area contributed by atoms with Gasteiger partial charge in [0.1, 0.15) is 0 Å². The van der Waals surface area contributed by atoms with Crippen molar-refractivity contribution in [1.29, 1.82) is 0 Å². The van der Waals surface area contributed by atoms with E-state index in [1.54, 1.807) is 7.11 Å². The van der Waals surface area contributed by atoms with Crippen molar-refractivity contribution in [2.45, 2.75) is 37.8 Å². The minimum Gasteiger partial charge on any atom is -0.383 e. The maximum absolute atomic E-state index is 5.58. The molecule has 1 atom stereocenters. The first-order valence-electron chi connectivity index (χ1n) is 10.6. The largest absolute Gasteiger partial charge is 0.383 e. The molecule has 0 saturated carbocycles. The number of rotatable bonds is 7. The SMILES string of the molecule is COC[C@H](C)Nc1ncc2c(-c3cnn(C4COC4)c3)cc(C3CCOCC3)n2n1. The summed E-state index contributed by atoms with van der Waals surface area (Å²) in [6, 6.07) is 2.70. The van der Waals surface area contributed by atoms with Crippen LogP contribution in [0, 0.1) is 0 Å². The Bertz CT molecular complexity index is 1010. The lowest BCUT2D eigenvalue weighted by atomic mass is 9.96. The normalized spacial score (nSPS) is 19.1. The quantitative estimate of drug-likeness (QED) is 0.638. The third kappa shape index (κ3) is 3.68. The summed E-state index contributed by atoms with van der Waals surface area (Å²) >= 11 is 0. The molecule has 1 N–H and O–H groups in total. The van der Waals surface area contributed by atoms with Gasteiger partial charge in [-0.15, -0.1) is 5.10 Å². The van der Waals surface area contributed by atoms with Crippen molar-refractivity contribution in [1.82, 2.24) is 24.4 Å². The number of hydrogen-bond donors (Lipinski definition) is 1. The van der Waals surface area contributed by atoms with Crippen LogP contribution in [0.4, 0.5) is 5.95 Å². The average molecular weight is 412 g/mol. The maximum Gasteiger partial charge on any atom is 0.241 e. The maximum atomic E-state index is 5.58. The third-order valence-electron chi connectivity index (χ3n) is 5.88. The van der Waals surface area contributed by atoms with Crippen LogP contribution in [0.2, 0.25) is 0 Å². The van der Waals surface area contributed by atoms with Gasteiger partial charge in [0.15, 0.2) is 0 Å². The van der Waals surface area contributed by atoms with E-state index in [1.807, 2.05) is 21.6 Å². The van der Waals surface area contributed by atoms with Gasteiger partial charge in [0.25, 0.3) is 0 Å². The number of hydrogen-bond acceptors (Lipinski definition) is 7. The Balaban J connectivity index is 1.54. The van der Waals surface area contributed by atoms with Crippen LogP contribution in [-0.4, -0.2) is 70.6 Å². The van der Waals surface area contributed by atoms with Gasteiger partial charge in [-0.3, -0.25) is 4.68 Å². The number of methoxy groups -OCH3 is 1. The summed E-state index contributed by atoms with van der Waals surface area (Å²) in [7, 11) is 1.69. The van der Waals surface area contributed by atoms with Gasteiger partial charge < -0.3 is 19.5 Å². The number of aromatic nitrogens is 5. The lowest BCUT2D eigenvalue weighted by Crippen LogP contribution is -2.30. The van der Waals surface area contributed by atoms with Crippen molar-refractivity contribution < 1.29 is 14.2 Å². The summed E-state index contributed by atoms with van der Waals surface area (Å²) in [5, 5.41) is 12.7. The summed E-state index contributed by atoms with van der Waals surface area (Å²) < 4.78 is 20.2. The van der Waals surface area contributed by atoms with Gasteiger partial charge in [0.2, 0.25) is 5.95 Å². The number of ether oxygens (including phenoxy) is 3. The third-order valence-corrected chi connectivity index (χ3v) is 5.88. The van der Waals surface area contributed by atoms with E-state index in [4.69, 9.17) is 19.3 Å². The van der Waals surface area contributed by atoms with Gasteiger partial charge in [-0.25, -0.2) is 9.50 Å². The van der Waals surface area contributed by atoms with E-state index in [0.29, 0.717) is 24.5 Å².